The molecule has 104 valence electrons. The van der Waals surface area contributed by atoms with Gasteiger partial charge in [-0.15, -0.1) is 0 Å². The maximum atomic E-state index is 5.31. The van der Waals surface area contributed by atoms with E-state index in [-0.39, 0.29) is 12.4 Å². The van der Waals surface area contributed by atoms with Gasteiger partial charge in [-0.3, -0.25) is 0 Å². The number of ether oxygens (including phenoxy) is 2. The van der Waals surface area contributed by atoms with Crippen LogP contribution in [0.1, 0.15) is 6.92 Å². The van der Waals surface area contributed by atoms with Gasteiger partial charge in [0.2, 0.25) is 0 Å². The minimum atomic E-state index is 0. The lowest BCUT2D eigenvalue weighted by Crippen LogP contribution is -3.00. The zero-order valence-electron chi connectivity index (χ0n) is 11.5. The van der Waals surface area contributed by atoms with Crippen molar-refractivity contribution in [2.45, 2.75) is 6.92 Å². The fraction of sp³-hybridized carbons (Fsp3) is 0.385. The first-order chi connectivity index (χ1) is 8.71. The molecule has 1 aromatic carbocycles. The lowest BCUT2D eigenvalue weighted by Gasteiger charge is -2.18. The molecule has 0 saturated heterocycles. The van der Waals surface area contributed by atoms with Crippen molar-refractivity contribution < 1.29 is 21.9 Å². The van der Waals surface area contributed by atoms with Crippen LogP contribution in [0.4, 0.5) is 5.82 Å². The van der Waals surface area contributed by atoms with Crippen molar-refractivity contribution >= 4 is 16.7 Å². The molecule has 6 heteroatoms. The molecule has 0 unspecified atom stereocenters. The molecule has 0 atom stereocenters. The van der Waals surface area contributed by atoms with E-state index in [0.29, 0.717) is 11.5 Å². The second-order valence-electron chi connectivity index (χ2n) is 3.94. The van der Waals surface area contributed by atoms with Crippen LogP contribution < -0.4 is 26.8 Å². The first kappa shape index (κ1) is 15.3. The number of fused-ring (bicyclic) bond motifs is 1. The Balaban J connectivity index is 0.00000180. The highest BCUT2D eigenvalue weighted by molar-refractivity contribution is 5.91. The number of aromatic nitrogens is 2. The van der Waals surface area contributed by atoms with Crippen molar-refractivity contribution in [3.8, 4) is 11.5 Å². The lowest BCUT2D eigenvalue weighted by atomic mass is 10.2. The van der Waals surface area contributed by atoms with Crippen molar-refractivity contribution in [1.82, 2.24) is 9.97 Å². The fourth-order valence-corrected chi connectivity index (χ4v) is 1.82. The molecule has 0 fully saturated rings. The first-order valence-corrected chi connectivity index (χ1v) is 5.79. The van der Waals surface area contributed by atoms with Crippen LogP contribution in [0, 0.1) is 0 Å². The number of nitrogens with zero attached hydrogens (tertiary/aromatic N) is 3. The normalized spacial score (nSPS) is 9.89. The number of hydrogen-bond donors (Lipinski definition) is 0. The summed E-state index contributed by atoms with van der Waals surface area (Å²) < 4.78 is 10.6. The van der Waals surface area contributed by atoms with Gasteiger partial charge in [0.15, 0.2) is 11.5 Å². The second kappa shape index (κ2) is 6.43. The molecule has 0 aliphatic rings. The molecule has 0 bridgehead atoms. The van der Waals surface area contributed by atoms with E-state index < -0.39 is 0 Å². The molecule has 5 nitrogen and oxygen atoms in total. The Labute approximate surface area is 119 Å². The van der Waals surface area contributed by atoms with E-state index in [0.717, 1.165) is 23.3 Å². The van der Waals surface area contributed by atoms with E-state index in [1.54, 1.807) is 20.5 Å². The Morgan fingerprint density at radius 3 is 2.32 bits per heavy atom. The van der Waals surface area contributed by atoms with Gasteiger partial charge in [0.1, 0.15) is 12.1 Å². The third-order valence-corrected chi connectivity index (χ3v) is 2.96. The average molecular weight is 283 g/mol. The van der Waals surface area contributed by atoms with Crippen LogP contribution in [-0.2, 0) is 0 Å². The van der Waals surface area contributed by atoms with Crippen molar-refractivity contribution in [2.75, 3.05) is 32.7 Å². The summed E-state index contributed by atoms with van der Waals surface area (Å²) >= 11 is 0. The second-order valence-corrected chi connectivity index (χ2v) is 3.94. The molecule has 1 heterocycles. The summed E-state index contributed by atoms with van der Waals surface area (Å²) in [7, 11) is 5.24. The van der Waals surface area contributed by atoms with Gasteiger partial charge in [0, 0.05) is 25.0 Å². The molecular formula is C13H17ClN3O2-. The van der Waals surface area contributed by atoms with Crippen molar-refractivity contribution in [3.05, 3.63) is 18.5 Å². The Morgan fingerprint density at radius 1 is 1.11 bits per heavy atom. The Kier molecular flexibility index (Phi) is 5.18. The molecule has 0 aliphatic carbocycles. The summed E-state index contributed by atoms with van der Waals surface area (Å²) in [6.45, 7) is 2.95. The van der Waals surface area contributed by atoms with Gasteiger partial charge in [-0.25, -0.2) is 9.97 Å². The molecule has 2 aromatic rings. The Bertz CT molecular complexity index is 563. The molecule has 0 spiro atoms. The summed E-state index contributed by atoms with van der Waals surface area (Å²) in [5, 5.41) is 0.958. The highest BCUT2D eigenvalue weighted by Gasteiger charge is 2.12. The largest absolute Gasteiger partial charge is 1.00 e. The molecule has 0 radical (unpaired) electrons. The highest BCUT2D eigenvalue weighted by atomic mass is 35.5. The summed E-state index contributed by atoms with van der Waals surface area (Å²) in [4.78, 5) is 10.7. The smallest absolute Gasteiger partial charge is 0.162 e. The topological polar surface area (TPSA) is 47.5 Å². The molecule has 1 aromatic heterocycles. The maximum Gasteiger partial charge on any atom is 0.162 e. The van der Waals surface area contributed by atoms with Crippen LogP contribution in [-0.4, -0.2) is 37.8 Å². The number of benzene rings is 1. The van der Waals surface area contributed by atoms with Crippen LogP contribution in [0.2, 0.25) is 0 Å². The standard InChI is InChI=1S/C13H17N3O2.ClH/c1-5-16(2)13-9-6-11(17-3)12(18-4)7-10(9)14-8-15-13;/h6-8H,5H2,1-4H3;1H/p-1. The third-order valence-electron chi connectivity index (χ3n) is 2.96. The number of anilines is 1. The Hall–Kier alpha value is -1.75. The van der Waals surface area contributed by atoms with Gasteiger partial charge in [-0.1, -0.05) is 0 Å². The molecular weight excluding hydrogens is 266 g/mol. The van der Waals surface area contributed by atoms with Crippen LogP contribution in [0.3, 0.4) is 0 Å². The predicted molar refractivity (Wildman–Crippen MR) is 71.6 cm³/mol. The lowest BCUT2D eigenvalue weighted by molar-refractivity contribution is -0.00000441. The molecule has 0 N–H and O–H groups in total. The summed E-state index contributed by atoms with van der Waals surface area (Å²) in [5.41, 5.74) is 0.845. The van der Waals surface area contributed by atoms with Gasteiger partial charge in [0.05, 0.1) is 19.7 Å². The van der Waals surface area contributed by atoms with E-state index in [1.807, 2.05) is 19.2 Å². The predicted octanol–water partition coefficient (Wildman–Crippen LogP) is -0.893. The maximum absolute atomic E-state index is 5.31. The number of rotatable bonds is 4. The van der Waals surface area contributed by atoms with E-state index >= 15 is 0 Å². The number of halogens is 1. The van der Waals surface area contributed by atoms with Crippen molar-refractivity contribution in [2.24, 2.45) is 0 Å². The minimum Gasteiger partial charge on any atom is -1.00 e. The van der Waals surface area contributed by atoms with E-state index in [4.69, 9.17) is 9.47 Å². The molecule has 0 saturated carbocycles. The fourth-order valence-electron chi connectivity index (χ4n) is 1.82. The zero-order chi connectivity index (χ0) is 13.1. The summed E-state index contributed by atoms with van der Waals surface area (Å²) in [5.74, 6) is 2.25. The molecule has 2 rings (SSSR count). The van der Waals surface area contributed by atoms with Crippen LogP contribution in [0.15, 0.2) is 18.5 Å². The number of methoxy groups -OCH3 is 2. The number of hydrogen-bond acceptors (Lipinski definition) is 5. The van der Waals surface area contributed by atoms with E-state index in [1.165, 1.54) is 0 Å². The van der Waals surface area contributed by atoms with Crippen molar-refractivity contribution in [1.29, 1.82) is 0 Å². The van der Waals surface area contributed by atoms with Gasteiger partial charge in [-0.2, -0.15) is 0 Å². The zero-order valence-corrected chi connectivity index (χ0v) is 12.2. The summed E-state index contributed by atoms with van der Waals surface area (Å²) in [6, 6.07) is 3.78. The Morgan fingerprint density at radius 2 is 1.74 bits per heavy atom. The summed E-state index contributed by atoms with van der Waals surface area (Å²) in [6.07, 6.45) is 1.57. The van der Waals surface area contributed by atoms with E-state index in [2.05, 4.69) is 21.8 Å². The van der Waals surface area contributed by atoms with Gasteiger partial charge < -0.3 is 26.8 Å². The van der Waals surface area contributed by atoms with E-state index in [9.17, 15) is 0 Å². The average Bonchev–Trinajstić information content (AvgIpc) is 2.44. The van der Waals surface area contributed by atoms with Gasteiger partial charge in [0.25, 0.3) is 0 Å². The highest BCUT2D eigenvalue weighted by Crippen LogP contribution is 2.34. The molecule has 0 amide bonds. The van der Waals surface area contributed by atoms with Gasteiger partial charge in [-0.05, 0) is 13.0 Å². The minimum absolute atomic E-state index is 0. The monoisotopic (exact) mass is 282 g/mol. The SMILES string of the molecule is CCN(C)c1ncnc2cc(OC)c(OC)cc12.[Cl-]. The van der Waals surface area contributed by atoms with Crippen LogP contribution in [0.25, 0.3) is 10.9 Å². The first-order valence-electron chi connectivity index (χ1n) is 5.79. The molecule has 19 heavy (non-hydrogen) atoms. The quantitative estimate of drug-likeness (QED) is 0.728. The molecule has 0 aliphatic heterocycles. The van der Waals surface area contributed by atoms with Crippen LogP contribution in [0.5, 0.6) is 11.5 Å². The van der Waals surface area contributed by atoms with Crippen molar-refractivity contribution in [3.63, 3.8) is 0 Å². The van der Waals surface area contributed by atoms with Crippen LogP contribution >= 0.6 is 0 Å². The third kappa shape index (κ3) is 2.81. The van der Waals surface area contributed by atoms with Gasteiger partial charge >= 0.3 is 0 Å².